The van der Waals surface area contributed by atoms with Crippen molar-refractivity contribution in [1.82, 2.24) is 10.2 Å². The summed E-state index contributed by atoms with van der Waals surface area (Å²) in [5.74, 6) is 0. The molecular formula is C16H20N2S2. The zero-order valence-electron chi connectivity index (χ0n) is 11.5. The second-order valence-corrected chi connectivity index (χ2v) is 7.82. The quantitative estimate of drug-likeness (QED) is 0.904. The number of hydrogen-bond donors (Lipinski definition) is 1. The predicted octanol–water partition coefficient (Wildman–Crippen LogP) is 3.80. The van der Waals surface area contributed by atoms with Crippen LogP contribution >= 0.6 is 22.7 Å². The summed E-state index contributed by atoms with van der Waals surface area (Å²) >= 11 is 3.70. The topological polar surface area (TPSA) is 15.3 Å². The van der Waals surface area contributed by atoms with Gasteiger partial charge in [-0.3, -0.25) is 4.90 Å². The maximum atomic E-state index is 3.74. The lowest BCUT2D eigenvalue weighted by molar-refractivity contribution is 0.317. The lowest BCUT2D eigenvalue weighted by atomic mass is 10.2. The van der Waals surface area contributed by atoms with Crippen molar-refractivity contribution in [2.45, 2.75) is 37.9 Å². The van der Waals surface area contributed by atoms with E-state index >= 15 is 0 Å². The third kappa shape index (κ3) is 2.84. The van der Waals surface area contributed by atoms with Crippen molar-refractivity contribution in [3.05, 3.63) is 33.8 Å². The van der Waals surface area contributed by atoms with E-state index in [0.717, 1.165) is 12.6 Å². The number of nitrogens with one attached hydrogen (secondary N) is 1. The molecule has 106 valence electrons. The predicted molar refractivity (Wildman–Crippen MR) is 87.5 cm³/mol. The van der Waals surface area contributed by atoms with Gasteiger partial charge in [0.25, 0.3) is 0 Å². The smallest absolute Gasteiger partial charge is 0.0351 e. The number of nitrogens with zero attached hydrogens (tertiary/aromatic N) is 1. The highest BCUT2D eigenvalue weighted by Crippen LogP contribution is 2.31. The minimum absolute atomic E-state index is 0.697. The molecule has 3 heterocycles. The van der Waals surface area contributed by atoms with Gasteiger partial charge in [0.2, 0.25) is 0 Å². The molecule has 2 aromatic rings. The standard InChI is InChI=1S/C16H20N2S2/c1-2-16(19-7-1)12-8-15(20-11-12)9-17-13-5-6-18(10-13)14-3-4-14/h1-2,7-8,11,13-14,17H,3-6,9-10H2. The summed E-state index contributed by atoms with van der Waals surface area (Å²) in [5, 5.41) is 8.18. The van der Waals surface area contributed by atoms with Crippen molar-refractivity contribution in [2.75, 3.05) is 13.1 Å². The van der Waals surface area contributed by atoms with Gasteiger partial charge in [-0.25, -0.2) is 0 Å². The van der Waals surface area contributed by atoms with Crippen LogP contribution in [0.25, 0.3) is 10.4 Å². The second kappa shape index (κ2) is 5.60. The van der Waals surface area contributed by atoms with Crippen LogP contribution in [0.1, 0.15) is 24.1 Å². The van der Waals surface area contributed by atoms with E-state index < -0.39 is 0 Å². The first-order chi connectivity index (χ1) is 9.88. The molecule has 20 heavy (non-hydrogen) atoms. The molecule has 1 atom stereocenters. The van der Waals surface area contributed by atoms with Gasteiger partial charge in [0.15, 0.2) is 0 Å². The molecule has 2 fully saturated rings. The molecule has 4 heteroatoms. The highest BCUT2D eigenvalue weighted by molar-refractivity contribution is 7.14. The van der Waals surface area contributed by atoms with Crippen molar-refractivity contribution in [2.24, 2.45) is 0 Å². The van der Waals surface area contributed by atoms with Gasteiger partial charge < -0.3 is 5.32 Å². The first-order valence-electron chi connectivity index (χ1n) is 7.47. The van der Waals surface area contributed by atoms with Crippen molar-refractivity contribution >= 4 is 22.7 Å². The summed E-state index contributed by atoms with van der Waals surface area (Å²) < 4.78 is 0. The van der Waals surface area contributed by atoms with E-state index in [1.54, 1.807) is 0 Å². The second-order valence-electron chi connectivity index (χ2n) is 5.87. The minimum atomic E-state index is 0.697. The molecule has 1 unspecified atom stereocenters. The molecule has 1 saturated heterocycles. The van der Waals surface area contributed by atoms with Crippen LogP contribution in [0.3, 0.4) is 0 Å². The summed E-state index contributed by atoms with van der Waals surface area (Å²) in [7, 11) is 0. The van der Waals surface area contributed by atoms with Crippen LogP contribution in [0.4, 0.5) is 0 Å². The van der Waals surface area contributed by atoms with E-state index in [1.165, 1.54) is 47.7 Å². The number of hydrogen-bond acceptors (Lipinski definition) is 4. The molecule has 1 aliphatic carbocycles. The third-order valence-corrected chi connectivity index (χ3v) is 6.16. The maximum Gasteiger partial charge on any atom is 0.0351 e. The first kappa shape index (κ1) is 13.0. The van der Waals surface area contributed by atoms with Crippen LogP contribution in [0.15, 0.2) is 29.0 Å². The largest absolute Gasteiger partial charge is 0.308 e. The Kier molecular flexibility index (Phi) is 3.65. The van der Waals surface area contributed by atoms with Crippen LogP contribution in [-0.4, -0.2) is 30.1 Å². The lowest BCUT2D eigenvalue weighted by Gasteiger charge is -2.15. The lowest BCUT2D eigenvalue weighted by Crippen LogP contribution is -2.32. The summed E-state index contributed by atoms with van der Waals surface area (Å²) in [5.41, 5.74) is 1.38. The van der Waals surface area contributed by atoms with Gasteiger partial charge in [-0.1, -0.05) is 6.07 Å². The van der Waals surface area contributed by atoms with Gasteiger partial charge in [0.05, 0.1) is 0 Å². The molecule has 2 aliphatic rings. The van der Waals surface area contributed by atoms with Gasteiger partial charge in [-0.05, 0) is 42.2 Å². The minimum Gasteiger partial charge on any atom is -0.308 e. The van der Waals surface area contributed by atoms with E-state index in [0.29, 0.717) is 6.04 Å². The van der Waals surface area contributed by atoms with Crippen LogP contribution in [-0.2, 0) is 6.54 Å². The number of likely N-dealkylation sites (tertiary alicyclic amines) is 1. The average Bonchev–Trinajstić information content (AvgIpc) is 2.93. The Hall–Kier alpha value is -0.680. The van der Waals surface area contributed by atoms with Gasteiger partial charge in [0.1, 0.15) is 0 Å². The SMILES string of the molecule is c1csc(-c2csc(CNC3CCN(C4CC4)C3)c2)c1. The molecule has 2 aromatic heterocycles. The van der Waals surface area contributed by atoms with Crippen molar-refractivity contribution in [3.8, 4) is 10.4 Å². The van der Waals surface area contributed by atoms with Crippen molar-refractivity contribution in [3.63, 3.8) is 0 Å². The van der Waals surface area contributed by atoms with Crippen molar-refractivity contribution in [1.29, 1.82) is 0 Å². The van der Waals surface area contributed by atoms with Gasteiger partial charge in [-0.15, -0.1) is 22.7 Å². The monoisotopic (exact) mass is 304 g/mol. The zero-order valence-corrected chi connectivity index (χ0v) is 13.2. The molecule has 0 spiro atoms. The molecule has 2 nitrogen and oxygen atoms in total. The fourth-order valence-electron chi connectivity index (χ4n) is 3.02. The third-order valence-electron chi connectivity index (χ3n) is 4.31. The molecular weight excluding hydrogens is 284 g/mol. The van der Waals surface area contributed by atoms with Crippen molar-refractivity contribution < 1.29 is 0 Å². The first-order valence-corrected chi connectivity index (χ1v) is 9.23. The normalized spacial score (nSPS) is 23.5. The fourth-order valence-corrected chi connectivity index (χ4v) is 4.64. The summed E-state index contributed by atoms with van der Waals surface area (Å²) in [6, 6.07) is 8.29. The van der Waals surface area contributed by atoms with E-state index in [-0.39, 0.29) is 0 Å². The highest BCUT2D eigenvalue weighted by atomic mass is 32.1. The Morgan fingerprint density at radius 3 is 3.00 bits per heavy atom. The fraction of sp³-hybridized carbons (Fsp3) is 0.500. The van der Waals surface area contributed by atoms with Gasteiger partial charge in [0, 0.05) is 47.0 Å². The van der Waals surface area contributed by atoms with E-state index in [9.17, 15) is 0 Å². The van der Waals surface area contributed by atoms with Crippen LogP contribution < -0.4 is 5.32 Å². The Morgan fingerprint density at radius 2 is 2.20 bits per heavy atom. The Morgan fingerprint density at radius 1 is 1.25 bits per heavy atom. The molecule has 0 bridgehead atoms. The number of rotatable bonds is 5. The van der Waals surface area contributed by atoms with E-state index in [2.05, 4.69) is 39.2 Å². The highest BCUT2D eigenvalue weighted by Gasteiger charge is 2.34. The maximum absolute atomic E-state index is 3.74. The molecule has 0 aromatic carbocycles. The molecule has 1 aliphatic heterocycles. The summed E-state index contributed by atoms with van der Waals surface area (Å²) in [4.78, 5) is 5.51. The Balaban J connectivity index is 1.31. The number of thiophene rings is 2. The Bertz CT molecular complexity index is 557. The van der Waals surface area contributed by atoms with Gasteiger partial charge in [-0.2, -0.15) is 0 Å². The molecule has 4 rings (SSSR count). The molecule has 0 radical (unpaired) electrons. The molecule has 1 N–H and O–H groups in total. The summed E-state index contributed by atoms with van der Waals surface area (Å²) in [6.07, 6.45) is 4.18. The zero-order chi connectivity index (χ0) is 13.4. The van der Waals surface area contributed by atoms with Gasteiger partial charge >= 0.3 is 0 Å². The van der Waals surface area contributed by atoms with Crippen LogP contribution in [0, 0.1) is 0 Å². The van der Waals surface area contributed by atoms with E-state index in [1.807, 2.05) is 22.7 Å². The average molecular weight is 304 g/mol. The summed E-state index contributed by atoms with van der Waals surface area (Å²) in [6.45, 7) is 3.58. The van der Waals surface area contributed by atoms with Crippen LogP contribution in [0.2, 0.25) is 0 Å². The Labute approximate surface area is 128 Å². The van der Waals surface area contributed by atoms with Crippen LogP contribution in [0.5, 0.6) is 0 Å². The molecule has 1 saturated carbocycles. The van der Waals surface area contributed by atoms with E-state index in [4.69, 9.17) is 0 Å². The molecule has 0 amide bonds.